The largest absolute Gasteiger partial charge is 0.350 e. The maximum absolute atomic E-state index is 13.0. The van der Waals surface area contributed by atoms with Gasteiger partial charge >= 0.3 is 0 Å². The summed E-state index contributed by atoms with van der Waals surface area (Å²) in [5.74, 6) is 0.339. The lowest BCUT2D eigenvalue weighted by Gasteiger charge is -2.20. The van der Waals surface area contributed by atoms with Crippen molar-refractivity contribution in [2.24, 2.45) is 5.92 Å². The summed E-state index contributed by atoms with van der Waals surface area (Å²) >= 11 is 0. The van der Waals surface area contributed by atoms with E-state index in [1.54, 1.807) is 12.1 Å². The SMILES string of the molecule is O=C(CC1CCCCC1)NCc1cc(-c2ccc(F)cc2)ncn1. The monoisotopic (exact) mass is 327 g/mol. The highest BCUT2D eigenvalue weighted by molar-refractivity contribution is 5.76. The third kappa shape index (κ3) is 4.60. The summed E-state index contributed by atoms with van der Waals surface area (Å²) in [6.07, 6.45) is 8.18. The summed E-state index contributed by atoms with van der Waals surface area (Å²) in [4.78, 5) is 20.5. The Morgan fingerprint density at radius 3 is 2.62 bits per heavy atom. The molecule has 4 nitrogen and oxygen atoms in total. The van der Waals surface area contributed by atoms with E-state index < -0.39 is 0 Å². The van der Waals surface area contributed by atoms with Gasteiger partial charge in [-0.2, -0.15) is 0 Å². The Balaban J connectivity index is 1.56. The number of nitrogens with one attached hydrogen (secondary N) is 1. The average molecular weight is 327 g/mol. The van der Waals surface area contributed by atoms with E-state index in [4.69, 9.17) is 0 Å². The van der Waals surface area contributed by atoms with E-state index in [2.05, 4.69) is 15.3 Å². The second-order valence-corrected chi connectivity index (χ2v) is 6.39. The van der Waals surface area contributed by atoms with Crippen LogP contribution in [-0.2, 0) is 11.3 Å². The molecule has 0 radical (unpaired) electrons. The molecular formula is C19H22FN3O. The van der Waals surface area contributed by atoms with Gasteiger partial charge in [0, 0.05) is 12.0 Å². The molecule has 3 rings (SSSR count). The van der Waals surface area contributed by atoms with Crippen LogP contribution in [0.15, 0.2) is 36.7 Å². The first-order chi connectivity index (χ1) is 11.7. The van der Waals surface area contributed by atoms with Gasteiger partial charge in [-0.05, 0) is 49.1 Å². The predicted molar refractivity (Wildman–Crippen MR) is 90.5 cm³/mol. The highest BCUT2D eigenvalue weighted by Gasteiger charge is 2.16. The molecule has 0 aliphatic heterocycles. The summed E-state index contributed by atoms with van der Waals surface area (Å²) in [6.45, 7) is 0.391. The number of halogens is 1. The molecule has 1 saturated carbocycles. The molecule has 1 amide bonds. The Kier molecular flexibility index (Phi) is 5.51. The lowest BCUT2D eigenvalue weighted by Crippen LogP contribution is -2.26. The number of amides is 1. The normalized spacial score (nSPS) is 15.2. The third-order valence-electron chi connectivity index (χ3n) is 4.53. The van der Waals surface area contributed by atoms with Crippen molar-refractivity contribution in [3.8, 4) is 11.3 Å². The van der Waals surface area contributed by atoms with E-state index in [1.807, 2.05) is 6.07 Å². The van der Waals surface area contributed by atoms with Gasteiger partial charge in [0.15, 0.2) is 0 Å². The molecular weight excluding hydrogens is 305 g/mol. The second-order valence-electron chi connectivity index (χ2n) is 6.39. The average Bonchev–Trinajstić information content (AvgIpc) is 2.62. The third-order valence-corrected chi connectivity index (χ3v) is 4.53. The summed E-state index contributed by atoms with van der Waals surface area (Å²) in [7, 11) is 0. The van der Waals surface area contributed by atoms with Gasteiger partial charge in [0.05, 0.1) is 17.9 Å². The standard InChI is InChI=1S/C19H22FN3O/c20-16-8-6-15(7-9-16)18-11-17(22-13-23-18)12-21-19(24)10-14-4-2-1-3-5-14/h6-9,11,13-14H,1-5,10,12H2,(H,21,24). The lowest BCUT2D eigenvalue weighted by molar-refractivity contribution is -0.122. The summed E-state index contributed by atoms with van der Waals surface area (Å²) in [5, 5.41) is 2.94. The van der Waals surface area contributed by atoms with Crippen LogP contribution < -0.4 is 5.32 Å². The van der Waals surface area contributed by atoms with E-state index in [1.165, 1.54) is 37.7 Å². The zero-order chi connectivity index (χ0) is 16.8. The Labute approximate surface area is 141 Å². The number of aromatic nitrogens is 2. The van der Waals surface area contributed by atoms with Gasteiger partial charge in [-0.25, -0.2) is 14.4 Å². The molecule has 0 spiro atoms. The fraction of sp³-hybridized carbons (Fsp3) is 0.421. The number of carbonyl (C=O) groups is 1. The smallest absolute Gasteiger partial charge is 0.220 e. The molecule has 0 bridgehead atoms. The minimum absolute atomic E-state index is 0.0869. The summed E-state index contributed by atoms with van der Waals surface area (Å²) < 4.78 is 13.0. The summed E-state index contributed by atoms with van der Waals surface area (Å²) in [6, 6.07) is 8.01. The number of hydrogen-bond donors (Lipinski definition) is 1. The number of carbonyl (C=O) groups excluding carboxylic acids is 1. The Hall–Kier alpha value is -2.30. The first-order valence-corrected chi connectivity index (χ1v) is 8.54. The molecule has 0 atom stereocenters. The zero-order valence-electron chi connectivity index (χ0n) is 13.7. The first kappa shape index (κ1) is 16.6. The van der Waals surface area contributed by atoms with Gasteiger partial charge < -0.3 is 5.32 Å². The van der Waals surface area contributed by atoms with E-state index >= 15 is 0 Å². The van der Waals surface area contributed by atoms with Crippen molar-refractivity contribution >= 4 is 5.91 Å². The predicted octanol–water partition coefficient (Wildman–Crippen LogP) is 3.87. The van der Waals surface area contributed by atoms with Crippen molar-refractivity contribution < 1.29 is 9.18 Å². The van der Waals surface area contributed by atoms with Crippen LogP contribution in [0.3, 0.4) is 0 Å². The van der Waals surface area contributed by atoms with Gasteiger partial charge in [0.25, 0.3) is 0 Å². The number of rotatable bonds is 5. The number of benzene rings is 1. The summed E-state index contributed by atoms with van der Waals surface area (Å²) in [5.41, 5.74) is 2.30. The van der Waals surface area contributed by atoms with Crippen LogP contribution in [0.5, 0.6) is 0 Å². The van der Waals surface area contributed by atoms with E-state index in [0.29, 0.717) is 18.9 Å². The van der Waals surface area contributed by atoms with Crippen molar-refractivity contribution in [1.29, 1.82) is 0 Å². The van der Waals surface area contributed by atoms with Crippen LogP contribution in [0.25, 0.3) is 11.3 Å². The molecule has 1 aliphatic rings. The molecule has 1 aromatic heterocycles. The van der Waals surface area contributed by atoms with Crippen molar-refractivity contribution in [3.63, 3.8) is 0 Å². The van der Waals surface area contributed by atoms with Crippen molar-refractivity contribution in [3.05, 3.63) is 48.2 Å². The number of hydrogen-bond acceptors (Lipinski definition) is 3. The fourth-order valence-electron chi connectivity index (χ4n) is 3.19. The quantitative estimate of drug-likeness (QED) is 0.907. The molecule has 24 heavy (non-hydrogen) atoms. The van der Waals surface area contributed by atoms with Crippen molar-refractivity contribution in [2.75, 3.05) is 0 Å². The van der Waals surface area contributed by atoms with E-state index in [0.717, 1.165) is 29.8 Å². The molecule has 2 aromatic rings. The van der Waals surface area contributed by atoms with Gasteiger partial charge in [-0.15, -0.1) is 0 Å². The van der Waals surface area contributed by atoms with Crippen LogP contribution in [0.2, 0.25) is 0 Å². The van der Waals surface area contributed by atoms with Crippen LogP contribution in [0.1, 0.15) is 44.2 Å². The molecule has 5 heteroatoms. The highest BCUT2D eigenvalue weighted by atomic mass is 19.1. The molecule has 1 fully saturated rings. The lowest BCUT2D eigenvalue weighted by atomic mass is 9.87. The number of nitrogens with zero attached hydrogens (tertiary/aromatic N) is 2. The van der Waals surface area contributed by atoms with Crippen LogP contribution >= 0.6 is 0 Å². The zero-order valence-corrected chi connectivity index (χ0v) is 13.7. The minimum atomic E-state index is -0.275. The topological polar surface area (TPSA) is 54.9 Å². The maximum Gasteiger partial charge on any atom is 0.220 e. The van der Waals surface area contributed by atoms with Crippen LogP contribution in [-0.4, -0.2) is 15.9 Å². The highest BCUT2D eigenvalue weighted by Crippen LogP contribution is 2.26. The molecule has 1 N–H and O–H groups in total. The molecule has 1 aliphatic carbocycles. The van der Waals surface area contributed by atoms with Crippen LogP contribution in [0.4, 0.5) is 4.39 Å². The first-order valence-electron chi connectivity index (χ1n) is 8.54. The molecule has 0 saturated heterocycles. The van der Waals surface area contributed by atoms with E-state index in [9.17, 15) is 9.18 Å². The van der Waals surface area contributed by atoms with Gasteiger partial charge in [-0.1, -0.05) is 19.3 Å². The van der Waals surface area contributed by atoms with Crippen molar-refractivity contribution in [1.82, 2.24) is 15.3 Å². The van der Waals surface area contributed by atoms with Crippen molar-refractivity contribution in [2.45, 2.75) is 45.1 Å². The van der Waals surface area contributed by atoms with Gasteiger partial charge in [0.2, 0.25) is 5.91 Å². The Morgan fingerprint density at radius 2 is 1.88 bits per heavy atom. The van der Waals surface area contributed by atoms with Gasteiger partial charge in [-0.3, -0.25) is 4.79 Å². The Morgan fingerprint density at radius 1 is 1.12 bits per heavy atom. The van der Waals surface area contributed by atoms with E-state index in [-0.39, 0.29) is 11.7 Å². The fourth-order valence-corrected chi connectivity index (χ4v) is 3.19. The second kappa shape index (κ2) is 7.99. The maximum atomic E-state index is 13.0. The molecule has 1 aromatic carbocycles. The van der Waals surface area contributed by atoms with Crippen LogP contribution in [0, 0.1) is 11.7 Å². The molecule has 1 heterocycles. The van der Waals surface area contributed by atoms with Gasteiger partial charge in [0.1, 0.15) is 12.1 Å². The molecule has 126 valence electrons. The Bertz CT molecular complexity index is 681. The minimum Gasteiger partial charge on any atom is -0.350 e. The molecule has 0 unspecified atom stereocenters.